The molecular weight excluding hydrogens is 456 g/mol. The number of hydrogen-bond acceptors (Lipinski definition) is 5. The van der Waals surface area contributed by atoms with Crippen molar-refractivity contribution in [3.05, 3.63) is 64.7 Å². The van der Waals surface area contributed by atoms with Crippen LogP contribution in [0.2, 0.25) is 0 Å². The standard InChI is InChI=1S/C29H30N2O5/c1-16-5-9-23-24(11-16)28(34)31(27(23)33)25-10-8-22(13-19(25)4)36-29(35)20-14-26(32)30(15-20)21-7-6-17(2)18(3)12-21/h5-8,10,12-13,20,23-24H,9,11,14-15H2,1-4H3/t20-,23-,24+/m0/s1. The van der Waals surface area contributed by atoms with Crippen molar-refractivity contribution < 1.29 is 23.9 Å². The van der Waals surface area contributed by atoms with Crippen LogP contribution in [0.5, 0.6) is 5.75 Å². The number of nitrogens with zero attached hydrogens (tertiary/aromatic N) is 2. The summed E-state index contributed by atoms with van der Waals surface area (Å²) in [4.78, 5) is 54.5. The second kappa shape index (κ2) is 9.04. The molecule has 3 atom stereocenters. The highest BCUT2D eigenvalue weighted by molar-refractivity contribution is 6.22. The van der Waals surface area contributed by atoms with Crippen LogP contribution in [0, 0.1) is 38.5 Å². The minimum Gasteiger partial charge on any atom is -0.426 e. The van der Waals surface area contributed by atoms with Gasteiger partial charge in [0.2, 0.25) is 17.7 Å². The number of amides is 3. The molecule has 7 heteroatoms. The van der Waals surface area contributed by atoms with Crippen LogP contribution in [0.15, 0.2) is 48.0 Å². The maximum Gasteiger partial charge on any atom is 0.316 e. The van der Waals surface area contributed by atoms with E-state index in [2.05, 4.69) is 0 Å². The molecule has 0 radical (unpaired) electrons. The Morgan fingerprint density at radius 3 is 2.33 bits per heavy atom. The number of esters is 1. The maximum atomic E-state index is 13.1. The molecule has 2 saturated heterocycles. The molecule has 0 saturated carbocycles. The van der Waals surface area contributed by atoms with Gasteiger partial charge in [0.15, 0.2) is 0 Å². The fourth-order valence-corrected chi connectivity index (χ4v) is 5.43. The summed E-state index contributed by atoms with van der Waals surface area (Å²) in [5.41, 5.74) is 5.34. The van der Waals surface area contributed by atoms with Gasteiger partial charge in [0.25, 0.3) is 0 Å². The topological polar surface area (TPSA) is 84.0 Å². The van der Waals surface area contributed by atoms with E-state index in [0.717, 1.165) is 22.4 Å². The van der Waals surface area contributed by atoms with E-state index in [1.54, 1.807) is 30.0 Å². The molecule has 0 spiro atoms. The third-order valence-corrected chi connectivity index (χ3v) is 7.71. The van der Waals surface area contributed by atoms with Crippen molar-refractivity contribution in [2.75, 3.05) is 16.3 Å². The van der Waals surface area contributed by atoms with Gasteiger partial charge in [-0.1, -0.05) is 17.7 Å². The maximum absolute atomic E-state index is 13.1. The average Bonchev–Trinajstić information content (AvgIpc) is 3.33. The van der Waals surface area contributed by atoms with Crippen molar-refractivity contribution in [3.63, 3.8) is 0 Å². The number of hydrogen-bond donors (Lipinski definition) is 0. The molecule has 2 fully saturated rings. The van der Waals surface area contributed by atoms with E-state index in [9.17, 15) is 19.2 Å². The second-order valence-electron chi connectivity index (χ2n) is 10.3. The Morgan fingerprint density at radius 2 is 1.61 bits per heavy atom. The Morgan fingerprint density at radius 1 is 0.861 bits per heavy atom. The summed E-state index contributed by atoms with van der Waals surface area (Å²) in [7, 11) is 0. The van der Waals surface area contributed by atoms with Crippen molar-refractivity contribution in [1.29, 1.82) is 0 Å². The number of fused-ring (bicyclic) bond motifs is 1. The third kappa shape index (κ3) is 4.12. The smallest absolute Gasteiger partial charge is 0.316 e. The molecule has 0 unspecified atom stereocenters. The molecule has 1 aliphatic carbocycles. The Balaban J connectivity index is 1.28. The van der Waals surface area contributed by atoms with Crippen molar-refractivity contribution in [3.8, 4) is 5.75 Å². The summed E-state index contributed by atoms with van der Waals surface area (Å²) in [6.45, 7) is 8.05. The zero-order valence-corrected chi connectivity index (χ0v) is 21.0. The first-order valence-electron chi connectivity index (χ1n) is 12.4. The molecule has 2 aromatic carbocycles. The monoisotopic (exact) mass is 486 g/mol. The van der Waals surface area contributed by atoms with Crippen LogP contribution in [0.25, 0.3) is 0 Å². The molecule has 2 aromatic rings. The average molecular weight is 487 g/mol. The van der Waals surface area contributed by atoms with Gasteiger partial charge in [-0.05, 0) is 87.6 Å². The minimum atomic E-state index is -0.570. The van der Waals surface area contributed by atoms with E-state index >= 15 is 0 Å². The van der Waals surface area contributed by atoms with Gasteiger partial charge in [0, 0.05) is 18.7 Å². The quantitative estimate of drug-likeness (QED) is 0.277. The van der Waals surface area contributed by atoms with Gasteiger partial charge in [-0.15, -0.1) is 0 Å². The van der Waals surface area contributed by atoms with Crippen LogP contribution >= 0.6 is 0 Å². The number of anilines is 2. The van der Waals surface area contributed by atoms with E-state index in [0.29, 0.717) is 29.8 Å². The van der Waals surface area contributed by atoms with Crippen molar-refractivity contribution in [2.24, 2.45) is 17.8 Å². The van der Waals surface area contributed by atoms with Crippen LogP contribution in [-0.4, -0.2) is 30.2 Å². The van der Waals surface area contributed by atoms with Crippen molar-refractivity contribution in [1.82, 2.24) is 0 Å². The summed E-state index contributed by atoms with van der Waals surface area (Å²) in [5.74, 6) is -1.77. The highest BCUT2D eigenvalue weighted by atomic mass is 16.5. The first-order chi connectivity index (χ1) is 17.1. The Kier molecular flexibility index (Phi) is 6.02. The molecule has 7 nitrogen and oxygen atoms in total. The number of aryl methyl sites for hydroxylation is 3. The molecule has 2 heterocycles. The molecule has 0 aromatic heterocycles. The zero-order valence-electron chi connectivity index (χ0n) is 21.0. The number of allylic oxidation sites excluding steroid dienone is 2. The van der Waals surface area contributed by atoms with Crippen LogP contribution in [0.3, 0.4) is 0 Å². The molecule has 186 valence electrons. The molecular formula is C29H30N2O5. The summed E-state index contributed by atoms with van der Waals surface area (Å²) < 4.78 is 5.62. The number of imide groups is 1. The highest BCUT2D eigenvalue weighted by Gasteiger charge is 2.49. The first-order valence-corrected chi connectivity index (χ1v) is 12.4. The van der Waals surface area contributed by atoms with Gasteiger partial charge in [0.05, 0.1) is 23.4 Å². The number of benzene rings is 2. The molecule has 5 rings (SSSR count). The minimum absolute atomic E-state index is 0.0931. The van der Waals surface area contributed by atoms with Gasteiger partial charge in [0.1, 0.15) is 5.75 Å². The van der Waals surface area contributed by atoms with Crippen LogP contribution in [0.1, 0.15) is 42.9 Å². The number of ether oxygens (including phenoxy) is 1. The van der Waals surface area contributed by atoms with E-state index in [1.807, 2.05) is 45.0 Å². The van der Waals surface area contributed by atoms with Gasteiger partial charge in [-0.3, -0.25) is 19.2 Å². The van der Waals surface area contributed by atoms with Crippen molar-refractivity contribution >= 4 is 35.1 Å². The van der Waals surface area contributed by atoms with Gasteiger partial charge in [-0.25, -0.2) is 4.90 Å². The molecule has 2 aliphatic heterocycles. The van der Waals surface area contributed by atoms with Crippen LogP contribution < -0.4 is 14.5 Å². The fraction of sp³-hybridized carbons (Fsp3) is 0.379. The zero-order chi connectivity index (χ0) is 25.7. The number of carbonyl (C=O) groups is 4. The SMILES string of the molecule is CC1=CC[C@@H]2C(=O)N(c3ccc(OC(=O)[C@H]4CC(=O)N(c5ccc(C)c(C)c5)C4)cc3C)C(=O)[C@@H]2C1. The predicted octanol–water partition coefficient (Wildman–Crippen LogP) is 4.42. The summed E-state index contributed by atoms with van der Waals surface area (Å²) in [5, 5.41) is 0. The van der Waals surface area contributed by atoms with E-state index in [-0.39, 0.29) is 42.5 Å². The number of carbonyl (C=O) groups excluding carboxylic acids is 4. The number of rotatable bonds is 4. The Bertz CT molecular complexity index is 1330. The summed E-state index contributed by atoms with van der Waals surface area (Å²) in [6.07, 6.45) is 3.33. The predicted molar refractivity (Wildman–Crippen MR) is 136 cm³/mol. The Hall–Kier alpha value is -3.74. The van der Waals surface area contributed by atoms with Gasteiger partial charge in [-0.2, -0.15) is 0 Å². The first kappa shape index (κ1) is 24.0. The van der Waals surface area contributed by atoms with E-state index in [4.69, 9.17) is 4.74 Å². The van der Waals surface area contributed by atoms with Gasteiger partial charge >= 0.3 is 5.97 Å². The van der Waals surface area contributed by atoms with E-state index in [1.165, 1.54) is 4.90 Å². The summed E-state index contributed by atoms with van der Waals surface area (Å²) in [6, 6.07) is 10.7. The highest BCUT2D eigenvalue weighted by Crippen LogP contribution is 2.41. The molecule has 3 amide bonds. The fourth-order valence-electron chi connectivity index (χ4n) is 5.43. The summed E-state index contributed by atoms with van der Waals surface area (Å²) >= 11 is 0. The van der Waals surface area contributed by atoms with Crippen LogP contribution in [-0.2, 0) is 19.2 Å². The molecule has 3 aliphatic rings. The van der Waals surface area contributed by atoms with Crippen molar-refractivity contribution in [2.45, 2.75) is 47.0 Å². The van der Waals surface area contributed by atoms with E-state index < -0.39 is 11.9 Å². The largest absolute Gasteiger partial charge is 0.426 e. The third-order valence-electron chi connectivity index (χ3n) is 7.71. The molecule has 36 heavy (non-hydrogen) atoms. The lowest BCUT2D eigenvalue weighted by molar-refractivity contribution is -0.139. The molecule has 0 bridgehead atoms. The lowest BCUT2D eigenvalue weighted by atomic mass is 9.82. The van der Waals surface area contributed by atoms with Gasteiger partial charge < -0.3 is 9.64 Å². The normalized spacial score (nSPS) is 23.7. The second-order valence-corrected chi connectivity index (χ2v) is 10.3. The Labute approximate surface area is 210 Å². The lowest BCUT2D eigenvalue weighted by Gasteiger charge is -2.19. The lowest BCUT2D eigenvalue weighted by Crippen LogP contribution is -2.31. The van der Waals surface area contributed by atoms with Crippen LogP contribution in [0.4, 0.5) is 11.4 Å². The molecule has 0 N–H and O–H groups in total.